The molecule has 0 saturated carbocycles. The van der Waals surface area contributed by atoms with Gasteiger partial charge in [-0.3, -0.25) is 9.59 Å². The van der Waals surface area contributed by atoms with E-state index in [2.05, 4.69) is 58.4 Å². The van der Waals surface area contributed by atoms with Crippen LogP contribution >= 0.6 is 11.3 Å². The molecule has 200 valence electrons. The number of likely N-dealkylation sites (tertiary alicyclic amines) is 1. The van der Waals surface area contributed by atoms with Crippen LogP contribution in [0, 0.1) is 5.92 Å². The number of thiophene rings is 1. The molecule has 1 aromatic carbocycles. The van der Waals surface area contributed by atoms with Crippen molar-refractivity contribution in [1.29, 1.82) is 0 Å². The number of benzene rings is 1. The molecule has 0 spiro atoms. The number of hydrogen-bond acceptors (Lipinski definition) is 5. The number of hydrogen-bond donors (Lipinski definition) is 2. The first-order valence-corrected chi connectivity index (χ1v) is 14.7. The maximum Gasteiger partial charge on any atom is 0.251 e. The first kappa shape index (κ1) is 27.3. The third kappa shape index (κ3) is 7.20. The molecule has 0 unspecified atom stereocenters. The number of carbonyl (C=O) groups is 2. The van der Waals surface area contributed by atoms with E-state index in [-0.39, 0.29) is 18.4 Å². The van der Waals surface area contributed by atoms with Crippen molar-refractivity contribution in [2.24, 2.45) is 5.92 Å². The molecule has 3 aromatic rings. The lowest BCUT2D eigenvalue weighted by Crippen LogP contribution is -2.39. The summed E-state index contributed by atoms with van der Waals surface area (Å²) < 4.78 is 2.34. The van der Waals surface area contributed by atoms with Crippen molar-refractivity contribution in [2.75, 3.05) is 32.7 Å². The molecule has 7 nitrogen and oxygen atoms in total. The Bertz CT molecular complexity index is 1160. The van der Waals surface area contributed by atoms with E-state index < -0.39 is 0 Å². The predicted octanol–water partition coefficient (Wildman–Crippen LogP) is 5.02. The van der Waals surface area contributed by atoms with Crippen LogP contribution < -0.4 is 10.6 Å². The number of rotatable bonds is 12. The molecule has 1 saturated heterocycles. The number of carbonyl (C=O) groups excluding carboxylic acids is 2. The fourth-order valence-electron chi connectivity index (χ4n) is 5.19. The van der Waals surface area contributed by atoms with E-state index in [0.717, 1.165) is 68.1 Å². The number of aromatic nitrogens is 2. The highest BCUT2D eigenvalue weighted by Gasteiger charge is 2.19. The molecule has 0 bridgehead atoms. The summed E-state index contributed by atoms with van der Waals surface area (Å²) in [6.45, 7) is 10.6. The van der Waals surface area contributed by atoms with Crippen LogP contribution in [0.15, 0.2) is 35.7 Å². The molecular formula is C29H41N5O2S. The molecule has 2 aromatic heterocycles. The van der Waals surface area contributed by atoms with Gasteiger partial charge in [0, 0.05) is 29.4 Å². The van der Waals surface area contributed by atoms with Crippen molar-refractivity contribution in [2.45, 2.75) is 65.3 Å². The second-order valence-electron chi connectivity index (χ2n) is 10.2. The zero-order valence-corrected chi connectivity index (χ0v) is 23.3. The van der Waals surface area contributed by atoms with Crippen molar-refractivity contribution < 1.29 is 9.59 Å². The first-order chi connectivity index (χ1) is 18.0. The normalized spacial score (nSPS) is 14.9. The van der Waals surface area contributed by atoms with Gasteiger partial charge in [-0.15, -0.1) is 11.3 Å². The van der Waals surface area contributed by atoms with Crippen LogP contribution in [-0.4, -0.2) is 59.0 Å². The van der Waals surface area contributed by atoms with Gasteiger partial charge in [0.2, 0.25) is 5.91 Å². The maximum absolute atomic E-state index is 12.8. The summed E-state index contributed by atoms with van der Waals surface area (Å²) in [4.78, 5) is 33.8. The molecule has 3 heterocycles. The van der Waals surface area contributed by atoms with Gasteiger partial charge in [-0.05, 0) is 87.3 Å². The molecule has 1 fully saturated rings. The second-order valence-corrected chi connectivity index (χ2v) is 11.3. The van der Waals surface area contributed by atoms with E-state index in [1.165, 1.54) is 17.7 Å². The average Bonchev–Trinajstić information content (AvgIpc) is 3.55. The number of amides is 2. The van der Waals surface area contributed by atoms with Gasteiger partial charge in [0.1, 0.15) is 5.82 Å². The standard InChI is InChI=1S/C29H41N5O2S/c1-4-23(5-2)34-26-10-9-22(18-25(26)32-27(34)19-24-8-6-17-37-24)29(36)31-20-28(35)30-13-7-14-33-15-11-21(3)12-16-33/h6,8-10,17-18,21,23H,4-5,7,11-16,19-20H2,1-3H3,(H,30,35)(H,31,36). The predicted molar refractivity (Wildman–Crippen MR) is 151 cm³/mol. The molecule has 0 atom stereocenters. The van der Waals surface area contributed by atoms with E-state index in [4.69, 9.17) is 4.98 Å². The topological polar surface area (TPSA) is 79.3 Å². The zero-order chi connectivity index (χ0) is 26.2. The van der Waals surface area contributed by atoms with E-state index in [1.807, 2.05) is 18.2 Å². The van der Waals surface area contributed by atoms with Crippen LogP contribution in [0.3, 0.4) is 0 Å². The highest BCUT2D eigenvalue weighted by molar-refractivity contribution is 7.09. The summed E-state index contributed by atoms with van der Waals surface area (Å²) in [5.74, 6) is 1.45. The van der Waals surface area contributed by atoms with Crippen LogP contribution in [0.1, 0.15) is 80.0 Å². The molecule has 1 aliphatic heterocycles. The Morgan fingerprint density at radius 3 is 2.62 bits per heavy atom. The summed E-state index contributed by atoms with van der Waals surface area (Å²) in [5.41, 5.74) is 2.40. The lowest BCUT2D eigenvalue weighted by molar-refractivity contribution is -0.120. The Labute approximate surface area is 224 Å². The summed E-state index contributed by atoms with van der Waals surface area (Å²) in [5, 5.41) is 7.79. The van der Waals surface area contributed by atoms with Gasteiger partial charge in [0.15, 0.2) is 0 Å². The SMILES string of the molecule is CCC(CC)n1c(Cc2cccs2)nc2cc(C(=O)NCC(=O)NCCCN3CCC(C)CC3)ccc21. The van der Waals surface area contributed by atoms with Gasteiger partial charge in [-0.25, -0.2) is 4.98 Å². The smallest absolute Gasteiger partial charge is 0.251 e. The summed E-state index contributed by atoms with van der Waals surface area (Å²) in [6.07, 6.45) is 6.28. The molecule has 0 radical (unpaired) electrons. The zero-order valence-electron chi connectivity index (χ0n) is 22.5. The van der Waals surface area contributed by atoms with E-state index >= 15 is 0 Å². The molecule has 37 heavy (non-hydrogen) atoms. The van der Waals surface area contributed by atoms with Crippen LogP contribution in [0.4, 0.5) is 0 Å². The molecular weight excluding hydrogens is 482 g/mol. The van der Waals surface area contributed by atoms with Crippen LogP contribution in [0.25, 0.3) is 11.0 Å². The van der Waals surface area contributed by atoms with E-state index in [1.54, 1.807) is 11.3 Å². The molecule has 2 amide bonds. The highest BCUT2D eigenvalue weighted by Crippen LogP contribution is 2.28. The quantitative estimate of drug-likeness (QED) is 0.327. The minimum atomic E-state index is -0.253. The molecule has 1 aliphatic rings. The summed E-state index contributed by atoms with van der Waals surface area (Å²) in [6, 6.07) is 10.2. The Kier molecular flexibility index (Phi) is 9.75. The van der Waals surface area contributed by atoms with Crippen molar-refractivity contribution >= 4 is 34.2 Å². The third-order valence-electron chi connectivity index (χ3n) is 7.50. The molecule has 8 heteroatoms. The van der Waals surface area contributed by atoms with Crippen LogP contribution in [0.2, 0.25) is 0 Å². The maximum atomic E-state index is 12.8. The van der Waals surface area contributed by atoms with Crippen LogP contribution in [0.5, 0.6) is 0 Å². The average molecular weight is 524 g/mol. The van der Waals surface area contributed by atoms with Gasteiger partial charge >= 0.3 is 0 Å². The lowest BCUT2D eigenvalue weighted by Gasteiger charge is -2.30. The highest BCUT2D eigenvalue weighted by atomic mass is 32.1. The van der Waals surface area contributed by atoms with Crippen molar-refractivity contribution in [3.05, 3.63) is 52.0 Å². The van der Waals surface area contributed by atoms with Crippen LogP contribution in [-0.2, 0) is 11.2 Å². The number of fused-ring (bicyclic) bond motifs is 1. The minimum Gasteiger partial charge on any atom is -0.355 e. The summed E-state index contributed by atoms with van der Waals surface area (Å²) in [7, 11) is 0. The Morgan fingerprint density at radius 1 is 1.14 bits per heavy atom. The second kappa shape index (κ2) is 13.2. The number of nitrogens with one attached hydrogen (secondary N) is 2. The molecule has 4 rings (SSSR count). The van der Waals surface area contributed by atoms with Gasteiger partial charge < -0.3 is 20.1 Å². The number of imidazole rings is 1. The van der Waals surface area contributed by atoms with Gasteiger partial charge in [-0.1, -0.05) is 26.8 Å². The number of nitrogens with zero attached hydrogens (tertiary/aromatic N) is 3. The molecule has 0 aliphatic carbocycles. The number of piperidine rings is 1. The van der Waals surface area contributed by atoms with Crippen molar-refractivity contribution in [3.8, 4) is 0 Å². The first-order valence-electron chi connectivity index (χ1n) is 13.8. The monoisotopic (exact) mass is 523 g/mol. The van der Waals surface area contributed by atoms with E-state index in [9.17, 15) is 9.59 Å². The molecule has 2 N–H and O–H groups in total. The Balaban J connectivity index is 1.32. The lowest BCUT2D eigenvalue weighted by atomic mass is 9.99. The third-order valence-corrected chi connectivity index (χ3v) is 8.38. The largest absolute Gasteiger partial charge is 0.355 e. The minimum absolute atomic E-state index is 0.0239. The van der Waals surface area contributed by atoms with Crippen molar-refractivity contribution in [3.63, 3.8) is 0 Å². The Hall–Kier alpha value is -2.71. The van der Waals surface area contributed by atoms with Gasteiger partial charge in [0.25, 0.3) is 5.91 Å². The van der Waals surface area contributed by atoms with Gasteiger partial charge in [0.05, 0.1) is 17.6 Å². The van der Waals surface area contributed by atoms with Gasteiger partial charge in [-0.2, -0.15) is 0 Å². The summed E-state index contributed by atoms with van der Waals surface area (Å²) >= 11 is 1.74. The fourth-order valence-corrected chi connectivity index (χ4v) is 5.89. The fraction of sp³-hybridized carbons (Fsp3) is 0.552. The van der Waals surface area contributed by atoms with E-state index in [0.29, 0.717) is 18.2 Å². The van der Waals surface area contributed by atoms with Crippen molar-refractivity contribution in [1.82, 2.24) is 25.1 Å². The Morgan fingerprint density at radius 2 is 1.92 bits per heavy atom.